The number of nitro groups is 1. The molecular weight excluding hydrogens is 381 g/mol. The number of aromatic nitrogens is 1. The molecule has 0 aliphatic rings. The van der Waals surface area contributed by atoms with Crippen molar-refractivity contribution in [3.05, 3.63) is 60.7 Å². The molecule has 1 aromatic heterocycles. The van der Waals surface area contributed by atoms with Crippen LogP contribution in [-0.2, 0) is 6.42 Å². The highest BCUT2D eigenvalue weighted by atomic mass is 79.9. The largest absolute Gasteiger partial charge is 0.369 e. The van der Waals surface area contributed by atoms with E-state index in [0.29, 0.717) is 33.3 Å². The average Bonchev–Trinajstić information content (AvgIpc) is 2.42. The molecule has 0 saturated heterocycles. The molecule has 1 N–H and O–H groups in total. The standard InChI is InChI=1S/C13H10BrCl2N3O2/c14-11-6-10(19(20)21)7-18-13(11)17-4-3-8-1-2-9(15)5-12(8)16/h1-2,5-7H,3-4H2,(H,17,18). The molecule has 0 fully saturated rings. The Hall–Kier alpha value is -1.37. The maximum absolute atomic E-state index is 10.6. The molecule has 1 aromatic carbocycles. The van der Waals surface area contributed by atoms with E-state index in [0.717, 1.165) is 5.56 Å². The van der Waals surface area contributed by atoms with Gasteiger partial charge in [-0.3, -0.25) is 10.1 Å². The van der Waals surface area contributed by atoms with Gasteiger partial charge in [0, 0.05) is 22.7 Å². The number of nitrogens with one attached hydrogen (secondary N) is 1. The number of nitrogens with zero attached hydrogens (tertiary/aromatic N) is 2. The maximum Gasteiger partial charge on any atom is 0.288 e. The first-order chi connectivity index (χ1) is 9.97. The van der Waals surface area contributed by atoms with Gasteiger partial charge in [-0.1, -0.05) is 29.3 Å². The van der Waals surface area contributed by atoms with Gasteiger partial charge < -0.3 is 5.32 Å². The van der Waals surface area contributed by atoms with E-state index >= 15 is 0 Å². The smallest absolute Gasteiger partial charge is 0.288 e. The number of halogens is 3. The molecule has 1 heterocycles. The Kier molecular flexibility index (Phi) is 5.39. The maximum atomic E-state index is 10.6. The Labute approximate surface area is 139 Å². The third kappa shape index (κ3) is 4.30. The van der Waals surface area contributed by atoms with Crippen molar-refractivity contribution in [2.24, 2.45) is 0 Å². The second-order valence-corrected chi connectivity index (χ2v) is 5.89. The molecule has 8 heteroatoms. The van der Waals surface area contributed by atoms with E-state index in [-0.39, 0.29) is 5.69 Å². The van der Waals surface area contributed by atoms with Crippen molar-refractivity contribution in [1.82, 2.24) is 4.98 Å². The van der Waals surface area contributed by atoms with E-state index in [1.807, 2.05) is 6.07 Å². The van der Waals surface area contributed by atoms with Crippen molar-refractivity contribution in [3.63, 3.8) is 0 Å². The van der Waals surface area contributed by atoms with Gasteiger partial charge >= 0.3 is 0 Å². The van der Waals surface area contributed by atoms with Crippen LogP contribution in [0.4, 0.5) is 11.5 Å². The number of anilines is 1. The van der Waals surface area contributed by atoms with Gasteiger partial charge in [0.25, 0.3) is 5.69 Å². The Bertz CT molecular complexity index is 682. The van der Waals surface area contributed by atoms with Gasteiger partial charge in [-0.15, -0.1) is 0 Å². The lowest BCUT2D eigenvalue weighted by Crippen LogP contribution is -2.07. The normalized spacial score (nSPS) is 10.4. The lowest BCUT2D eigenvalue weighted by molar-refractivity contribution is -0.385. The fourth-order valence-corrected chi connectivity index (χ4v) is 2.68. The zero-order valence-corrected chi connectivity index (χ0v) is 13.7. The molecule has 110 valence electrons. The van der Waals surface area contributed by atoms with Crippen LogP contribution in [-0.4, -0.2) is 16.5 Å². The van der Waals surface area contributed by atoms with Crippen LogP contribution in [0.3, 0.4) is 0 Å². The van der Waals surface area contributed by atoms with Crippen LogP contribution >= 0.6 is 39.1 Å². The zero-order chi connectivity index (χ0) is 15.4. The summed E-state index contributed by atoms with van der Waals surface area (Å²) >= 11 is 15.2. The van der Waals surface area contributed by atoms with Crippen LogP contribution in [0.15, 0.2) is 34.9 Å². The van der Waals surface area contributed by atoms with Crippen LogP contribution < -0.4 is 5.32 Å². The van der Waals surface area contributed by atoms with E-state index in [4.69, 9.17) is 23.2 Å². The summed E-state index contributed by atoms with van der Waals surface area (Å²) in [7, 11) is 0. The molecule has 0 unspecified atom stereocenters. The minimum atomic E-state index is -0.491. The summed E-state index contributed by atoms with van der Waals surface area (Å²) in [6.07, 6.45) is 1.89. The number of hydrogen-bond acceptors (Lipinski definition) is 4. The van der Waals surface area contributed by atoms with E-state index in [1.54, 1.807) is 12.1 Å². The molecule has 0 amide bonds. The van der Waals surface area contributed by atoms with Gasteiger partial charge in [0.15, 0.2) is 0 Å². The van der Waals surface area contributed by atoms with Crippen molar-refractivity contribution >= 4 is 50.6 Å². The van der Waals surface area contributed by atoms with E-state index in [1.165, 1.54) is 12.3 Å². The van der Waals surface area contributed by atoms with Gasteiger partial charge in [-0.2, -0.15) is 0 Å². The van der Waals surface area contributed by atoms with Gasteiger partial charge in [-0.25, -0.2) is 4.98 Å². The monoisotopic (exact) mass is 389 g/mol. The summed E-state index contributed by atoms with van der Waals surface area (Å²) in [5, 5.41) is 14.9. The van der Waals surface area contributed by atoms with Crippen LogP contribution in [0.25, 0.3) is 0 Å². The SMILES string of the molecule is O=[N+]([O-])c1cnc(NCCc2ccc(Cl)cc2Cl)c(Br)c1. The highest BCUT2D eigenvalue weighted by molar-refractivity contribution is 9.10. The number of benzene rings is 1. The minimum absolute atomic E-state index is 0.0619. The van der Waals surface area contributed by atoms with Crippen LogP contribution in [0.1, 0.15) is 5.56 Å². The van der Waals surface area contributed by atoms with Gasteiger partial charge in [0.1, 0.15) is 12.0 Å². The molecular formula is C13H10BrCl2N3O2. The molecule has 0 bridgehead atoms. The second-order valence-electron chi connectivity index (χ2n) is 4.19. The van der Waals surface area contributed by atoms with E-state index in [2.05, 4.69) is 26.2 Å². The molecule has 2 aromatic rings. The summed E-state index contributed by atoms with van der Waals surface area (Å²) < 4.78 is 0.541. The quantitative estimate of drug-likeness (QED) is 0.592. The van der Waals surface area contributed by atoms with Crippen LogP contribution in [0.5, 0.6) is 0 Å². The first kappa shape index (κ1) is 16.0. The summed E-state index contributed by atoms with van der Waals surface area (Å²) in [5.74, 6) is 0.547. The highest BCUT2D eigenvalue weighted by Gasteiger charge is 2.10. The van der Waals surface area contributed by atoms with Crippen LogP contribution in [0, 0.1) is 10.1 Å². The Morgan fingerprint density at radius 3 is 2.71 bits per heavy atom. The predicted octanol–water partition coefficient (Wildman–Crippen LogP) is 4.71. The topological polar surface area (TPSA) is 68.1 Å². The van der Waals surface area contributed by atoms with Crippen LogP contribution in [0.2, 0.25) is 10.0 Å². The van der Waals surface area contributed by atoms with E-state index in [9.17, 15) is 10.1 Å². The highest BCUT2D eigenvalue weighted by Crippen LogP contribution is 2.25. The molecule has 0 spiro atoms. The Morgan fingerprint density at radius 2 is 2.10 bits per heavy atom. The fraction of sp³-hybridized carbons (Fsp3) is 0.154. The minimum Gasteiger partial charge on any atom is -0.369 e. The van der Waals surface area contributed by atoms with Crippen molar-refractivity contribution in [1.29, 1.82) is 0 Å². The molecule has 2 rings (SSSR count). The first-order valence-electron chi connectivity index (χ1n) is 5.95. The molecule has 5 nitrogen and oxygen atoms in total. The fourth-order valence-electron chi connectivity index (χ4n) is 1.70. The van der Waals surface area contributed by atoms with Crippen molar-refractivity contribution in [2.75, 3.05) is 11.9 Å². The number of pyridine rings is 1. The van der Waals surface area contributed by atoms with E-state index < -0.39 is 4.92 Å². The molecule has 0 radical (unpaired) electrons. The van der Waals surface area contributed by atoms with Crippen molar-refractivity contribution < 1.29 is 4.92 Å². The first-order valence-corrected chi connectivity index (χ1v) is 7.50. The second kappa shape index (κ2) is 7.06. The van der Waals surface area contributed by atoms with Gasteiger partial charge in [0.2, 0.25) is 0 Å². The Morgan fingerprint density at radius 1 is 1.33 bits per heavy atom. The Balaban J connectivity index is 1.99. The molecule has 0 atom stereocenters. The summed E-state index contributed by atoms with van der Waals surface area (Å²) in [6.45, 7) is 0.588. The van der Waals surface area contributed by atoms with Gasteiger partial charge in [-0.05, 0) is 40.0 Å². The summed E-state index contributed by atoms with van der Waals surface area (Å²) in [4.78, 5) is 14.1. The molecule has 0 saturated carbocycles. The predicted molar refractivity (Wildman–Crippen MR) is 87.2 cm³/mol. The number of rotatable bonds is 5. The van der Waals surface area contributed by atoms with Crippen molar-refractivity contribution in [3.8, 4) is 0 Å². The number of hydrogen-bond donors (Lipinski definition) is 1. The average molecular weight is 391 g/mol. The lowest BCUT2D eigenvalue weighted by atomic mass is 10.1. The lowest BCUT2D eigenvalue weighted by Gasteiger charge is -2.08. The van der Waals surface area contributed by atoms with Crippen molar-refractivity contribution in [2.45, 2.75) is 6.42 Å². The van der Waals surface area contributed by atoms with Gasteiger partial charge in [0.05, 0.1) is 9.40 Å². The third-order valence-electron chi connectivity index (χ3n) is 2.74. The summed E-state index contributed by atoms with van der Waals surface area (Å²) in [5.41, 5.74) is 0.903. The molecule has 21 heavy (non-hydrogen) atoms. The third-order valence-corrected chi connectivity index (χ3v) is 3.93. The molecule has 0 aliphatic heterocycles. The summed E-state index contributed by atoms with van der Waals surface area (Å²) in [6, 6.07) is 6.75. The zero-order valence-electron chi connectivity index (χ0n) is 10.6. The molecule has 0 aliphatic carbocycles.